The fourth-order valence-corrected chi connectivity index (χ4v) is 0.271. The average molecular weight is 125 g/mol. The normalized spacial score (nSPS) is 11.0. The van der Waals surface area contributed by atoms with Crippen LogP contribution in [0, 0.1) is 6.42 Å². The van der Waals surface area contributed by atoms with Crippen LogP contribution in [0.3, 0.4) is 0 Å². The summed E-state index contributed by atoms with van der Waals surface area (Å²) in [7, 11) is 0. The minimum absolute atomic E-state index is 0.845. The molecule has 0 bridgehead atoms. The third kappa shape index (κ3) is 4.81. The molecule has 0 atom stereocenters. The highest BCUT2D eigenvalue weighted by Gasteiger charge is 1.90. The topological polar surface area (TPSA) is 37.3 Å². The van der Waals surface area contributed by atoms with Crippen LogP contribution in [0.15, 0.2) is 24.3 Å². The smallest absolute Gasteiger partial charge is 0.311 e. The first kappa shape index (κ1) is 7.95. The van der Waals surface area contributed by atoms with Crippen LogP contribution in [0.2, 0.25) is 0 Å². The van der Waals surface area contributed by atoms with E-state index in [2.05, 4.69) is 6.58 Å². The minimum atomic E-state index is -0.934. The quantitative estimate of drug-likeness (QED) is 0.579. The monoisotopic (exact) mass is 125 g/mol. The molecule has 9 heavy (non-hydrogen) atoms. The highest BCUT2D eigenvalue weighted by molar-refractivity contribution is 5.79. The van der Waals surface area contributed by atoms with Crippen LogP contribution in [-0.4, -0.2) is 11.1 Å². The maximum atomic E-state index is 9.89. The summed E-state index contributed by atoms with van der Waals surface area (Å²) in [5.41, 5.74) is 0.845. The van der Waals surface area contributed by atoms with E-state index in [-0.39, 0.29) is 0 Å². The Morgan fingerprint density at radius 3 is 2.56 bits per heavy atom. The summed E-state index contributed by atoms with van der Waals surface area (Å²) in [5, 5.41) is 8.12. The molecule has 0 aliphatic rings. The van der Waals surface area contributed by atoms with Crippen LogP contribution in [0.5, 0.6) is 0 Å². The van der Waals surface area contributed by atoms with Crippen LogP contribution >= 0.6 is 0 Å². The van der Waals surface area contributed by atoms with Crippen molar-refractivity contribution < 1.29 is 9.90 Å². The molecular formula is C7H9O2. The fourth-order valence-electron chi connectivity index (χ4n) is 0.271. The number of carbonyl (C=O) groups is 1. The molecule has 0 aromatic carbocycles. The number of hydrogen-bond donors (Lipinski definition) is 1. The predicted molar refractivity (Wildman–Crippen MR) is 35.9 cm³/mol. The van der Waals surface area contributed by atoms with E-state index in [0.717, 1.165) is 12.0 Å². The van der Waals surface area contributed by atoms with E-state index in [1.165, 1.54) is 6.08 Å². The summed E-state index contributed by atoms with van der Waals surface area (Å²) in [6.07, 6.45) is 4.17. The number of aliphatic carboxylic acids is 1. The van der Waals surface area contributed by atoms with E-state index in [4.69, 9.17) is 5.11 Å². The van der Waals surface area contributed by atoms with E-state index in [9.17, 15) is 4.79 Å². The highest BCUT2D eigenvalue weighted by atomic mass is 16.4. The molecule has 0 fully saturated rings. The van der Waals surface area contributed by atoms with Crippen molar-refractivity contribution in [2.45, 2.75) is 6.92 Å². The minimum Gasteiger partial charge on any atom is -0.481 e. The Bertz CT molecular complexity index is 145. The molecule has 2 nitrogen and oxygen atoms in total. The number of allylic oxidation sites excluding steroid dienone is 2. The first-order valence-electron chi connectivity index (χ1n) is 2.54. The van der Waals surface area contributed by atoms with Gasteiger partial charge in [0.05, 0.1) is 6.42 Å². The van der Waals surface area contributed by atoms with Gasteiger partial charge < -0.3 is 5.11 Å². The summed E-state index contributed by atoms with van der Waals surface area (Å²) in [5.74, 6) is -0.934. The summed E-state index contributed by atoms with van der Waals surface area (Å²) in [6, 6.07) is 0. The highest BCUT2D eigenvalue weighted by Crippen LogP contribution is 1.93. The molecule has 0 amide bonds. The standard InChI is InChI=1S/C7H9O2/c1-3-6(2)4-5-7(8)9/h3-5H,1H2,2H3,(H,8,9). The van der Waals surface area contributed by atoms with Crippen molar-refractivity contribution in [1.82, 2.24) is 0 Å². The van der Waals surface area contributed by atoms with Crippen molar-refractivity contribution in [2.75, 3.05) is 0 Å². The van der Waals surface area contributed by atoms with Gasteiger partial charge in [-0.05, 0) is 6.92 Å². The summed E-state index contributed by atoms with van der Waals surface area (Å²) in [4.78, 5) is 9.89. The molecule has 1 N–H and O–H groups in total. The summed E-state index contributed by atoms with van der Waals surface area (Å²) >= 11 is 0. The molecule has 49 valence electrons. The largest absolute Gasteiger partial charge is 0.481 e. The third-order valence-corrected chi connectivity index (χ3v) is 0.811. The molecule has 0 aliphatic heterocycles. The van der Waals surface area contributed by atoms with E-state index < -0.39 is 5.97 Å². The van der Waals surface area contributed by atoms with Gasteiger partial charge in [0.15, 0.2) is 0 Å². The van der Waals surface area contributed by atoms with E-state index in [0.29, 0.717) is 0 Å². The van der Waals surface area contributed by atoms with Gasteiger partial charge in [0, 0.05) is 0 Å². The lowest BCUT2D eigenvalue weighted by Crippen LogP contribution is -1.91. The molecule has 0 unspecified atom stereocenters. The van der Waals surface area contributed by atoms with Crippen LogP contribution in [-0.2, 0) is 4.79 Å². The molecule has 0 heterocycles. The van der Waals surface area contributed by atoms with Crippen molar-refractivity contribution in [3.63, 3.8) is 0 Å². The second-order valence-electron chi connectivity index (χ2n) is 1.62. The first-order valence-corrected chi connectivity index (χ1v) is 2.54. The van der Waals surface area contributed by atoms with Crippen LogP contribution in [0.1, 0.15) is 6.92 Å². The van der Waals surface area contributed by atoms with Crippen molar-refractivity contribution in [2.24, 2.45) is 0 Å². The fraction of sp³-hybridized carbons (Fsp3) is 0.143. The van der Waals surface area contributed by atoms with Gasteiger partial charge in [0.2, 0.25) is 0 Å². The van der Waals surface area contributed by atoms with E-state index in [1.807, 2.05) is 0 Å². The summed E-state index contributed by atoms with van der Waals surface area (Å²) < 4.78 is 0. The molecular weight excluding hydrogens is 116 g/mol. The molecule has 0 aromatic heterocycles. The average Bonchev–Trinajstić information content (AvgIpc) is 1.83. The van der Waals surface area contributed by atoms with Gasteiger partial charge in [-0.1, -0.05) is 24.3 Å². The number of rotatable bonds is 3. The second kappa shape index (κ2) is 3.89. The van der Waals surface area contributed by atoms with Crippen LogP contribution in [0.4, 0.5) is 0 Å². The zero-order valence-corrected chi connectivity index (χ0v) is 5.29. The molecule has 0 saturated carbocycles. The van der Waals surface area contributed by atoms with Crippen molar-refractivity contribution in [3.8, 4) is 0 Å². The van der Waals surface area contributed by atoms with Crippen LogP contribution < -0.4 is 0 Å². The van der Waals surface area contributed by atoms with Gasteiger partial charge >= 0.3 is 5.97 Å². The number of hydrogen-bond acceptors (Lipinski definition) is 1. The van der Waals surface area contributed by atoms with Crippen molar-refractivity contribution in [1.29, 1.82) is 0 Å². The van der Waals surface area contributed by atoms with Crippen molar-refractivity contribution in [3.05, 3.63) is 30.7 Å². The zero-order chi connectivity index (χ0) is 7.28. The molecule has 0 rings (SSSR count). The summed E-state index contributed by atoms with van der Waals surface area (Å²) in [6.45, 7) is 5.24. The van der Waals surface area contributed by atoms with Crippen LogP contribution in [0.25, 0.3) is 0 Å². The molecule has 1 radical (unpaired) electrons. The lowest BCUT2D eigenvalue weighted by atomic mass is 10.2. The first-order chi connectivity index (χ1) is 4.16. The van der Waals surface area contributed by atoms with E-state index in [1.54, 1.807) is 13.0 Å². The van der Waals surface area contributed by atoms with Gasteiger partial charge in [-0.2, -0.15) is 0 Å². The van der Waals surface area contributed by atoms with Gasteiger partial charge in [-0.15, -0.1) is 0 Å². The van der Waals surface area contributed by atoms with E-state index >= 15 is 0 Å². The maximum Gasteiger partial charge on any atom is 0.311 e. The Labute approximate surface area is 54.5 Å². The van der Waals surface area contributed by atoms with Gasteiger partial charge in [0.25, 0.3) is 0 Å². The Balaban J connectivity index is 3.69. The molecule has 0 spiro atoms. The third-order valence-electron chi connectivity index (χ3n) is 0.811. The molecule has 0 aromatic rings. The van der Waals surface area contributed by atoms with Gasteiger partial charge in [0.1, 0.15) is 0 Å². The Morgan fingerprint density at radius 1 is 1.67 bits per heavy atom. The zero-order valence-electron chi connectivity index (χ0n) is 5.29. The van der Waals surface area contributed by atoms with Crippen molar-refractivity contribution >= 4 is 5.97 Å². The second-order valence-corrected chi connectivity index (χ2v) is 1.62. The Hall–Kier alpha value is -1.05. The molecule has 0 saturated heterocycles. The Kier molecular flexibility index (Phi) is 3.44. The Morgan fingerprint density at radius 2 is 2.22 bits per heavy atom. The lowest BCUT2D eigenvalue weighted by molar-refractivity contribution is -0.132. The number of carboxylic acid groups (broad SMARTS) is 1. The predicted octanol–water partition coefficient (Wildman–Crippen LogP) is 1.41. The SMILES string of the molecule is C=CC(C)=C[CH]C(=O)O. The maximum absolute atomic E-state index is 9.89. The van der Waals surface area contributed by atoms with Gasteiger partial charge in [-0.25, -0.2) is 0 Å². The lowest BCUT2D eigenvalue weighted by Gasteiger charge is -1.86. The number of carboxylic acids is 1. The molecule has 0 aliphatic carbocycles. The van der Waals surface area contributed by atoms with Gasteiger partial charge in [-0.3, -0.25) is 4.79 Å². The molecule has 2 heteroatoms.